The summed E-state index contributed by atoms with van der Waals surface area (Å²) in [4.78, 5) is 18.5. The maximum atomic E-state index is 10.6. The number of aromatic nitrogens is 2. The molecule has 0 aliphatic carbocycles. The van der Waals surface area contributed by atoms with Crippen molar-refractivity contribution in [1.29, 1.82) is 0 Å². The smallest absolute Gasteiger partial charge is 0.354 e. The molecule has 2 heterocycles. The molecule has 0 radical (unpaired) electrons. The summed E-state index contributed by atoms with van der Waals surface area (Å²) in [5.74, 6) is -1.01. The summed E-state index contributed by atoms with van der Waals surface area (Å²) >= 11 is 0. The number of carboxylic acids is 1. The zero-order chi connectivity index (χ0) is 11.4. The largest absolute Gasteiger partial charge is 0.477 e. The lowest BCUT2D eigenvalue weighted by Crippen LogP contribution is -2.00. The number of hydrogen-bond acceptors (Lipinski definition) is 3. The van der Waals surface area contributed by atoms with Gasteiger partial charge in [-0.15, -0.1) is 0 Å². The maximum Gasteiger partial charge on any atom is 0.354 e. The molecule has 1 N–H and O–H groups in total. The molecule has 0 aliphatic rings. The number of hydrogen-bond donors (Lipinski definition) is 1. The molecule has 2 rings (SSSR count). The quantitative estimate of drug-likeness (QED) is 0.845. The summed E-state index contributed by atoms with van der Waals surface area (Å²) in [5, 5.41) is 8.69. The lowest BCUT2D eigenvalue weighted by atomic mass is 10.1. The van der Waals surface area contributed by atoms with Crippen LogP contribution in [0.4, 0.5) is 0 Å². The van der Waals surface area contributed by atoms with Crippen LogP contribution in [0.15, 0.2) is 42.9 Å². The summed E-state index contributed by atoms with van der Waals surface area (Å²) in [6.07, 6.45) is 5.79. The summed E-state index contributed by atoms with van der Waals surface area (Å²) in [6, 6.07) is 7.12. The molecule has 0 aromatic carbocycles. The van der Waals surface area contributed by atoms with Crippen LogP contribution in [0.5, 0.6) is 0 Å². The Kier molecular flexibility index (Phi) is 2.91. The molecular formula is C12H10N2O2. The highest BCUT2D eigenvalue weighted by atomic mass is 16.4. The Hall–Kier alpha value is -2.23. The lowest BCUT2D eigenvalue weighted by Gasteiger charge is -2.01. The van der Waals surface area contributed by atoms with Crippen LogP contribution in [0.3, 0.4) is 0 Å². The number of aromatic carboxylic acids is 1. The van der Waals surface area contributed by atoms with E-state index in [0.717, 1.165) is 11.1 Å². The van der Waals surface area contributed by atoms with E-state index in [1.807, 2.05) is 12.1 Å². The first-order valence-corrected chi connectivity index (χ1v) is 4.83. The van der Waals surface area contributed by atoms with E-state index in [0.29, 0.717) is 6.42 Å². The summed E-state index contributed by atoms with van der Waals surface area (Å²) < 4.78 is 0. The SMILES string of the molecule is O=C(O)c1ccc(Cc2cccnc2)cn1. The molecule has 2 aromatic rings. The third-order valence-electron chi connectivity index (χ3n) is 2.17. The Balaban J connectivity index is 2.14. The van der Waals surface area contributed by atoms with Gasteiger partial charge in [0.05, 0.1) is 0 Å². The van der Waals surface area contributed by atoms with E-state index >= 15 is 0 Å². The first-order valence-electron chi connectivity index (χ1n) is 4.83. The molecule has 2 aromatic heterocycles. The summed E-state index contributed by atoms with van der Waals surface area (Å²) in [5.41, 5.74) is 2.11. The van der Waals surface area contributed by atoms with E-state index in [4.69, 9.17) is 5.11 Å². The van der Waals surface area contributed by atoms with E-state index in [1.54, 1.807) is 24.7 Å². The van der Waals surface area contributed by atoms with Gasteiger partial charge in [0.25, 0.3) is 0 Å². The minimum atomic E-state index is -1.01. The van der Waals surface area contributed by atoms with E-state index in [2.05, 4.69) is 9.97 Å². The average Bonchev–Trinajstić information content (AvgIpc) is 2.31. The summed E-state index contributed by atoms with van der Waals surface area (Å²) in [6.45, 7) is 0. The van der Waals surface area contributed by atoms with Crippen LogP contribution in [0.2, 0.25) is 0 Å². The monoisotopic (exact) mass is 214 g/mol. The predicted octanol–water partition coefficient (Wildman–Crippen LogP) is 1.77. The third kappa shape index (κ3) is 2.42. The molecule has 16 heavy (non-hydrogen) atoms. The molecule has 0 bridgehead atoms. The van der Waals surface area contributed by atoms with Crippen molar-refractivity contribution in [2.24, 2.45) is 0 Å². The van der Waals surface area contributed by atoms with E-state index < -0.39 is 5.97 Å². The average molecular weight is 214 g/mol. The molecule has 0 fully saturated rings. The standard InChI is InChI=1S/C12H10N2O2/c15-12(16)11-4-3-10(8-14-11)6-9-2-1-5-13-7-9/h1-5,7-8H,6H2,(H,15,16). The van der Waals surface area contributed by atoms with E-state index in [9.17, 15) is 4.79 Å². The first-order chi connectivity index (χ1) is 7.75. The van der Waals surface area contributed by atoms with Crippen LogP contribution in [-0.4, -0.2) is 21.0 Å². The normalized spacial score (nSPS) is 10.0. The van der Waals surface area contributed by atoms with Crippen molar-refractivity contribution >= 4 is 5.97 Å². The van der Waals surface area contributed by atoms with Gasteiger partial charge in [-0.3, -0.25) is 4.98 Å². The van der Waals surface area contributed by atoms with Crippen molar-refractivity contribution in [3.8, 4) is 0 Å². The fourth-order valence-corrected chi connectivity index (χ4v) is 1.39. The highest BCUT2D eigenvalue weighted by Crippen LogP contribution is 2.07. The summed E-state index contributed by atoms with van der Waals surface area (Å²) in [7, 11) is 0. The molecular weight excluding hydrogens is 204 g/mol. The minimum Gasteiger partial charge on any atom is -0.477 e. The zero-order valence-corrected chi connectivity index (χ0v) is 8.50. The highest BCUT2D eigenvalue weighted by molar-refractivity contribution is 5.85. The van der Waals surface area contributed by atoms with Crippen LogP contribution in [0, 0.1) is 0 Å². The number of pyridine rings is 2. The Morgan fingerprint density at radius 3 is 2.56 bits per heavy atom. The van der Waals surface area contributed by atoms with Crippen molar-refractivity contribution in [2.75, 3.05) is 0 Å². The maximum absolute atomic E-state index is 10.6. The lowest BCUT2D eigenvalue weighted by molar-refractivity contribution is 0.0690. The van der Waals surface area contributed by atoms with Crippen LogP contribution in [0.25, 0.3) is 0 Å². The number of rotatable bonds is 3. The van der Waals surface area contributed by atoms with Gasteiger partial charge in [-0.25, -0.2) is 9.78 Å². The Labute approximate surface area is 92.6 Å². The van der Waals surface area contributed by atoms with Gasteiger partial charge in [-0.05, 0) is 23.3 Å². The second-order valence-corrected chi connectivity index (χ2v) is 3.39. The predicted molar refractivity (Wildman–Crippen MR) is 58.2 cm³/mol. The van der Waals surface area contributed by atoms with Gasteiger partial charge in [0, 0.05) is 25.0 Å². The van der Waals surface area contributed by atoms with Gasteiger partial charge in [-0.2, -0.15) is 0 Å². The Bertz CT molecular complexity index is 480. The minimum absolute atomic E-state index is 0.0648. The Morgan fingerprint density at radius 2 is 2.00 bits per heavy atom. The van der Waals surface area contributed by atoms with E-state index in [-0.39, 0.29) is 5.69 Å². The van der Waals surface area contributed by atoms with Crippen molar-refractivity contribution in [3.63, 3.8) is 0 Å². The molecule has 4 heteroatoms. The van der Waals surface area contributed by atoms with Gasteiger partial charge < -0.3 is 5.11 Å². The van der Waals surface area contributed by atoms with Gasteiger partial charge in [0.15, 0.2) is 0 Å². The number of nitrogens with zero attached hydrogens (tertiary/aromatic N) is 2. The van der Waals surface area contributed by atoms with Crippen molar-refractivity contribution < 1.29 is 9.90 Å². The third-order valence-corrected chi connectivity index (χ3v) is 2.17. The van der Waals surface area contributed by atoms with Crippen LogP contribution >= 0.6 is 0 Å². The van der Waals surface area contributed by atoms with Gasteiger partial charge in [-0.1, -0.05) is 12.1 Å². The molecule has 80 valence electrons. The van der Waals surface area contributed by atoms with Gasteiger partial charge in [0.1, 0.15) is 5.69 Å². The van der Waals surface area contributed by atoms with Crippen LogP contribution in [-0.2, 0) is 6.42 Å². The zero-order valence-electron chi connectivity index (χ0n) is 8.50. The van der Waals surface area contributed by atoms with Crippen molar-refractivity contribution in [1.82, 2.24) is 9.97 Å². The van der Waals surface area contributed by atoms with Crippen LogP contribution in [0.1, 0.15) is 21.6 Å². The number of carbonyl (C=O) groups is 1. The van der Waals surface area contributed by atoms with Gasteiger partial charge >= 0.3 is 5.97 Å². The Morgan fingerprint density at radius 1 is 1.19 bits per heavy atom. The topological polar surface area (TPSA) is 63.1 Å². The first kappa shape index (κ1) is 10.3. The molecule has 0 atom stereocenters. The van der Waals surface area contributed by atoms with Gasteiger partial charge in [0.2, 0.25) is 0 Å². The van der Waals surface area contributed by atoms with Crippen LogP contribution < -0.4 is 0 Å². The fourth-order valence-electron chi connectivity index (χ4n) is 1.39. The molecule has 0 unspecified atom stereocenters. The van der Waals surface area contributed by atoms with Crippen molar-refractivity contribution in [3.05, 3.63) is 59.7 Å². The molecule has 0 aliphatic heterocycles. The number of carboxylic acid groups (broad SMARTS) is 1. The molecule has 0 saturated heterocycles. The van der Waals surface area contributed by atoms with Crippen molar-refractivity contribution in [2.45, 2.75) is 6.42 Å². The molecule has 0 amide bonds. The second-order valence-electron chi connectivity index (χ2n) is 3.39. The second kappa shape index (κ2) is 4.53. The molecule has 0 spiro atoms. The molecule has 4 nitrogen and oxygen atoms in total. The molecule has 0 saturated carbocycles. The van der Waals surface area contributed by atoms with E-state index in [1.165, 1.54) is 6.07 Å². The highest BCUT2D eigenvalue weighted by Gasteiger charge is 2.03. The fraction of sp³-hybridized carbons (Fsp3) is 0.0833.